The maximum Gasteiger partial charge on any atom is 0.419 e. The second kappa shape index (κ2) is 10.3. The zero-order valence-electron chi connectivity index (χ0n) is 15.5. The van der Waals surface area contributed by atoms with Crippen molar-refractivity contribution in [3.63, 3.8) is 0 Å². The van der Waals surface area contributed by atoms with E-state index in [1.54, 1.807) is 16.7 Å². The van der Waals surface area contributed by atoms with Gasteiger partial charge in [-0.1, -0.05) is 61.7 Å². The summed E-state index contributed by atoms with van der Waals surface area (Å²) >= 11 is 1.66. The van der Waals surface area contributed by atoms with Crippen molar-refractivity contribution in [1.82, 2.24) is 4.90 Å². The predicted molar refractivity (Wildman–Crippen MR) is 113 cm³/mol. The summed E-state index contributed by atoms with van der Waals surface area (Å²) in [5, 5.41) is 0. The molecule has 0 atom stereocenters. The number of ether oxygens (including phenoxy) is 1. The number of halogens is 1. The third kappa shape index (κ3) is 4.98. The molecule has 0 N–H and O–H groups in total. The summed E-state index contributed by atoms with van der Waals surface area (Å²) < 4.78 is 5.43. The van der Waals surface area contributed by atoms with Crippen molar-refractivity contribution in [2.75, 3.05) is 31.1 Å². The summed E-state index contributed by atoms with van der Waals surface area (Å²) in [6.45, 7) is 6.92. The van der Waals surface area contributed by atoms with Crippen LogP contribution in [-0.2, 0) is 4.74 Å². The molecule has 2 aromatic carbocycles. The molecular formula is C21H23ClN2O2S. The maximum absolute atomic E-state index is 12.7. The number of carbonyl (C=O) groups excluding carboxylic acids is 1. The third-order valence-corrected chi connectivity index (χ3v) is 5.33. The summed E-state index contributed by atoms with van der Waals surface area (Å²) in [7, 11) is 0. The summed E-state index contributed by atoms with van der Waals surface area (Å²) in [5.41, 5.74) is 1.69. The van der Waals surface area contributed by atoms with Crippen LogP contribution in [0.2, 0.25) is 0 Å². The van der Waals surface area contributed by atoms with Crippen LogP contribution in [0.4, 0.5) is 16.2 Å². The highest BCUT2D eigenvalue weighted by Crippen LogP contribution is 2.47. The van der Waals surface area contributed by atoms with Gasteiger partial charge in [-0.3, -0.25) is 4.90 Å². The van der Waals surface area contributed by atoms with E-state index in [1.165, 1.54) is 0 Å². The van der Waals surface area contributed by atoms with E-state index in [0.29, 0.717) is 6.54 Å². The van der Waals surface area contributed by atoms with Crippen LogP contribution < -0.4 is 4.90 Å². The van der Waals surface area contributed by atoms with Gasteiger partial charge in [0, 0.05) is 9.79 Å². The van der Waals surface area contributed by atoms with Crippen LogP contribution in [0.3, 0.4) is 0 Å². The maximum atomic E-state index is 12.7. The molecule has 0 fully saturated rings. The molecule has 4 nitrogen and oxygen atoms in total. The Bertz CT molecular complexity index is 798. The van der Waals surface area contributed by atoms with Gasteiger partial charge in [-0.25, -0.2) is 9.69 Å². The van der Waals surface area contributed by atoms with E-state index in [1.807, 2.05) is 48.5 Å². The molecule has 0 unspecified atom stereocenters. The van der Waals surface area contributed by atoms with E-state index in [9.17, 15) is 4.79 Å². The molecule has 1 amide bonds. The number of nitrogens with zero attached hydrogens (tertiary/aromatic N) is 2. The summed E-state index contributed by atoms with van der Waals surface area (Å²) in [6, 6.07) is 15.7. The zero-order chi connectivity index (χ0) is 18.4. The van der Waals surface area contributed by atoms with Crippen molar-refractivity contribution in [2.45, 2.75) is 23.6 Å². The monoisotopic (exact) mass is 402 g/mol. The molecule has 0 aromatic heterocycles. The lowest BCUT2D eigenvalue weighted by Crippen LogP contribution is -2.29. The van der Waals surface area contributed by atoms with E-state index in [0.717, 1.165) is 34.3 Å². The van der Waals surface area contributed by atoms with E-state index < -0.39 is 6.09 Å². The van der Waals surface area contributed by atoms with E-state index in [4.69, 9.17) is 4.74 Å². The van der Waals surface area contributed by atoms with Crippen molar-refractivity contribution >= 4 is 41.6 Å². The third-order valence-electron chi connectivity index (χ3n) is 4.20. The highest BCUT2D eigenvalue weighted by molar-refractivity contribution is 7.99. The Hall–Kier alpha value is -2.13. The fraction of sp³-hybridized carbons (Fsp3) is 0.286. The number of hydrogen-bond acceptors (Lipinski definition) is 4. The summed E-state index contributed by atoms with van der Waals surface area (Å²) in [4.78, 5) is 18.7. The SMILES string of the molecule is CCN(CC)CC#CCOC(=O)N1c2ccccc2Sc2ccccc21.Cl. The minimum absolute atomic E-state index is 0. The van der Waals surface area contributed by atoms with E-state index in [-0.39, 0.29) is 19.0 Å². The average Bonchev–Trinajstić information content (AvgIpc) is 2.68. The van der Waals surface area contributed by atoms with E-state index >= 15 is 0 Å². The van der Waals surface area contributed by atoms with Gasteiger partial charge in [0.15, 0.2) is 6.61 Å². The Morgan fingerprint density at radius 1 is 1.00 bits per heavy atom. The fourth-order valence-corrected chi connectivity index (χ4v) is 3.79. The first-order chi connectivity index (χ1) is 12.7. The number of anilines is 2. The molecule has 142 valence electrons. The number of fused-ring (bicyclic) bond motifs is 2. The van der Waals surface area contributed by atoms with Crippen LogP contribution in [0.15, 0.2) is 58.3 Å². The van der Waals surface area contributed by atoms with Gasteiger partial charge < -0.3 is 4.74 Å². The summed E-state index contributed by atoms with van der Waals surface area (Å²) in [6.07, 6.45) is -0.401. The highest BCUT2D eigenvalue weighted by Gasteiger charge is 2.28. The Morgan fingerprint density at radius 2 is 1.56 bits per heavy atom. The van der Waals surface area contributed by atoms with Crippen LogP contribution in [0, 0.1) is 11.8 Å². The molecule has 6 heteroatoms. The molecule has 0 bridgehead atoms. The van der Waals surface area contributed by atoms with Crippen LogP contribution in [0.25, 0.3) is 0 Å². The molecule has 0 aliphatic carbocycles. The van der Waals surface area contributed by atoms with Crippen molar-refractivity contribution < 1.29 is 9.53 Å². The number of hydrogen-bond donors (Lipinski definition) is 0. The molecule has 27 heavy (non-hydrogen) atoms. The molecule has 0 spiro atoms. The lowest BCUT2D eigenvalue weighted by atomic mass is 10.2. The van der Waals surface area contributed by atoms with Crippen LogP contribution >= 0.6 is 24.2 Å². The minimum Gasteiger partial charge on any atom is -0.436 e. The van der Waals surface area contributed by atoms with Crippen LogP contribution in [0.1, 0.15) is 13.8 Å². The Labute approximate surface area is 171 Å². The number of carbonyl (C=O) groups is 1. The predicted octanol–water partition coefficient (Wildman–Crippen LogP) is 5.19. The molecule has 0 radical (unpaired) electrons. The van der Waals surface area contributed by atoms with Gasteiger partial charge in [0.1, 0.15) is 0 Å². The summed E-state index contributed by atoms with van der Waals surface area (Å²) in [5.74, 6) is 6.00. The fourth-order valence-electron chi connectivity index (χ4n) is 2.73. The number of benzene rings is 2. The highest BCUT2D eigenvalue weighted by atomic mass is 35.5. The molecular weight excluding hydrogens is 380 g/mol. The van der Waals surface area contributed by atoms with Crippen LogP contribution in [-0.4, -0.2) is 37.2 Å². The Kier molecular flexibility index (Phi) is 8.05. The second-order valence-electron chi connectivity index (χ2n) is 5.74. The average molecular weight is 403 g/mol. The smallest absolute Gasteiger partial charge is 0.419 e. The number of rotatable bonds is 4. The molecule has 3 rings (SSSR count). The normalized spacial score (nSPS) is 11.6. The largest absolute Gasteiger partial charge is 0.436 e. The van der Waals surface area contributed by atoms with Gasteiger partial charge in [-0.15, -0.1) is 12.4 Å². The molecule has 1 aliphatic rings. The first-order valence-electron chi connectivity index (χ1n) is 8.75. The molecule has 0 saturated heterocycles. The second-order valence-corrected chi connectivity index (χ2v) is 6.83. The standard InChI is InChI=1S/C21H22N2O2S.ClH/c1-3-22(4-2)15-9-10-16-25-21(24)23-17-11-5-7-13-19(17)26-20-14-8-6-12-18(20)23;/h5-8,11-14H,3-4,15-16H2,1-2H3;1H. The minimum atomic E-state index is -0.401. The zero-order valence-corrected chi connectivity index (χ0v) is 17.1. The Balaban J connectivity index is 0.00000261. The number of para-hydroxylation sites is 2. The number of amides is 1. The van der Waals surface area contributed by atoms with Gasteiger partial charge in [-0.05, 0) is 37.4 Å². The first kappa shape index (κ1) is 21.2. The van der Waals surface area contributed by atoms with Crippen LogP contribution in [0.5, 0.6) is 0 Å². The van der Waals surface area contributed by atoms with Crippen molar-refractivity contribution in [3.8, 4) is 11.8 Å². The van der Waals surface area contributed by atoms with Crippen molar-refractivity contribution in [3.05, 3.63) is 48.5 Å². The Morgan fingerprint density at radius 3 is 2.11 bits per heavy atom. The lowest BCUT2D eigenvalue weighted by molar-refractivity contribution is 0.170. The van der Waals surface area contributed by atoms with Crippen molar-refractivity contribution in [2.24, 2.45) is 0 Å². The van der Waals surface area contributed by atoms with E-state index in [2.05, 4.69) is 30.6 Å². The van der Waals surface area contributed by atoms with Gasteiger partial charge in [0.05, 0.1) is 17.9 Å². The molecule has 1 aliphatic heterocycles. The molecule has 1 heterocycles. The lowest BCUT2D eigenvalue weighted by Gasteiger charge is -2.29. The molecule has 2 aromatic rings. The van der Waals surface area contributed by atoms with Crippen molar-refractivity contribution in [1.29, 1.82) is 0 Å². The quantitative estimate of drug-likeness (QED) is 0.658. The first-order valence-corrected chi connectivity index (χ1v) is 9.57. The van der Waals surface area contributed by atoms with Gasteiger partial charge >= 0.3 is 6.09 Å². The van der Waals surface area contributed by atoms with Gasteiger partial charge in [-0.2, -0.15) is 0 Å². The molecule has 0 saturated carbocycles. The van der Waals surface area contributed by atoms with Gasteiger partial charge in [0.2, 0.25) is 0 Å². The van der Waals surface area contributed by atoms with Gasteiger partial charge in [0.25, 0.3) is 0 Å². The topological polar surface area (TPSA) is 32.8 Å².